The summed E-state index contributed by atoms with van der Waals surface area (Å²) in [6.45, 7) is -0.167. The van der Waals surface area contributed by atoms with E-state index in [2.05, 4.69) is 39.3 Å². The minimum absolute atomic E-state index is 0.00732. The topological polar surface area (TPSA) is 484 Å². The number of carbonyl (C=O) groups excluding carboxylic acids is 4. The van der Waals surface area contributed by atoms with E-state index in [1.807, 2.05) is 0 Å². The molecule has 0 bridgehead atoms. The SMILES string of the molecule is CC(=O)O.O=C(CCCC(=O)CC(Cc1cnc[nH]1)C(=O)O)CCC[C@@H](CO[N+](=O)[O-])O[N+](=O)[O-].O=C(CCCC(=O)CC(Cc1cnc[nH]1)C(=O)O)CCC[C@@H](CO[N+](=O)[O-])O[N+](=O)[O-].O=C(O)C(F)(F)F. The lowest BCUT2D eigenvalue weighted by Crippen LogP contribution is -2.24. The van der Waals surface area contributed by atoms with Crippen molar-refractivity contribution >= 4 is 47.0 Å². The van der Waals surface area contributed by atoms with E-state index in [0.717, 1.165) is 6.92 Å². The summed E-state index contributed by atoms with van der Waals surface area (Å²) < 4.78 is 31.7. The van der Waals surface area contributed by atoms with Crippen molar-refractivity contribution in [1.29, 1.82) is 0 Å². The Balaban J connectivity index is 0. The molecule has 2 unspecified atom stereocenters. The molecule has 73 heavy (non-hydrogen) atoms. The average molecular weight is 1060 g/mol. The predicted octanol–water partition coefficient (Wildman–Crippen LogP) is 3.34. The Bertz CT molecular complexity index is 1940. The lowest BCUT2D eigenvalue weighted by atomic mass is 9.95. The molecule has 0 amide bonds. The molecule has 2 heterocycles. The molecular weight excluding hydrogens is 1010 g/mol. The molecule has 35 heteroatoms. The van der Waals surface area contributed by atoms with Gasteiger partial charge in [0.25, 0.3) is 26.3 Å². The number of nitrogens with zero attached hydrogens (tertiary/aromatic N) is 6. The second-order valence-corrected chi connectivity index (χ2v) is 14.9. The van der Waals surface area contributed by atoms with Gasteiger partial charge in [0.2, 0.25) is 0 Å². The van der Waals surface area contributed by atoms with Crippen LogP contribution in [0.4, 0.5) is 13.2 Å². The van der Waals surface area contributed by atoms with Crippen LogP contribution in [0.5, 0.6) is 0 Å². The molecule has 0 aliphatic rings. The van der Waals surface area contributed by atoms with E-state index in [0.29, 0.717) is 11.4 Å². The summed E-state index contributed by atoms with van der Waals surface area (Å²) in [5.74, 6) is -8.45. The minimum Gasteiger partial charge on any atom is -0.481 e. The number of imidazole rings is 2. The third-order valence-electron chi connectivity index (χ3n) is 8.92. The third-order valence-corrected chi connectivity index (χ3v) is 8.92. The molecule has 0 aliphatic heterocycles. The van der Waals surface area contributed by atoms with Crippen molar-refractivity contribution in [2.24, 2.45) is 11.8 Å². The van der Waals surface area contributed by atoms with E-state index in [-0.39, 0.29) is 126 Å². The molecule has 32 nitrogen and oxygen atoms in total. The number of nitrogens with one attached hydrogen (secondary N) is 2. The van der Waals surface area contributed by atoms with Crippen LogP contribution in [0.3, 0.4) is 0 Å². The van der Waals surface area contributed by atoms with Gasteiger partial charge in [0.15, 0.2) is 0 Å². The Morgan fingerprint density at radius 2 is 0.877 bits per heavy atom. The van der Waals surface area contributed by atoms with Gasteiger partial charge in [-0.2, -0.15) is 13.2 Å². The van der Waals surface area contributed by atoms with E-state index in [4.69, 9.17) is 19.8 Å². The smallest absolute Gasteiger partial charge is 0.481 e. The fraction of sp³-hybridized carbons (Fsp3) is 0.632. The number of carboxylic acids is 4. The number of hydrogen-bond acceptors (Lipinski definition) is 22. The van der Waals surface area contributed by atoms with Gasteiger partial charge in [-0.1, -0.05) is 0 Å². The first-order valence-electron chi connectivity index (χ1n) is 21.2. The van der Waals surface area contributed by atoms with Gasteiger partial charge in [0.1, 0.15) is 48.6 Å². The number of halogens is 3. The molecule has 410 valence electrons. The van der Waals surface area contributed by atoms with Crippen LogP contribution in [0.15, 0.2) is 25.0 Å². The molecule has 0 radical (unpaired) electrons. The van der Waals surface area contributed by atoms with E-state index in [9.17, 15) is 92.6 Å². The number of aliphatic carboxylic acids is 4. The highest BCUT2D eigenvalue weighted by molar-refractivity contribution is 5.85. The highest BCUT2D eigenvalue weighted by Crippen LogP contribution is 2.17. The van der Waals surface area contributed by atoms with Crippen molar-refractivity contribution in [2.45, 2.75) is 128 Å². The third kappa shape index (κ3) is 40.1. The molecule has 0 saturated carbocycles. The lowest BCUT2D eigenvalue weighted by Gasteiger charge is -2.13. The normalized spacial score (nSPS) is 12.1. The van der Waals surface area contributed by atoms with E-state index in [1.54, 1.807) is 0 Å². The molecule has 0 fully saturated rings. The van der Waals surface area contributed by atoms with Crippen LogP contribution in [0.25, 0.3) is 0 Å². The van der Waals surface area contributed by atoms with Crippen molar-refractivity contribution in [3.8, 4) is 0 Å². The Kier molecular flexibility index (Phi) is 34.2. The molecule has 4 atom stereocenters. The lowest BCUT2D eigenvalue weighted by molar-refractivity contribution is -0.790. The van der Waals surface area contributed by atoms with E-state index >= 15 is 0 Å². The maximum absolute atomic E-state index is 12.1. The fourth-order valence-corrected chi connectivity index (χ4v) is 5.70. The quantitative estimate of drug-likeness (QED) is 0.0421. The summed E-state index contributed by atoms with van der Waals surface area (Å²) >= 11 is 0. The summed E-state index contributed by atoms with van der Waals surface area (Å²) in [5, 5.41) is 69.8. The number of carboxylic acid groups (broad SMARTS) is 4. The first kappa shape index (κ1) is 66.7. The number of hydrogen-bond donors (Lipinski definition) is 6. The average Bonchev–Trinajstić information content (AvgIpc) is 3.99. The number of carbonyl (C=O) groups is 8. The first-order chi connectivity index (χ1) is 34.0. The molecule has 0 aliphatic carbocycles. The van der Waals surface area contributed by atoms with Crippen LogP contribution in [0.2, 0.25) is 0 Å². The van der Waals surface area contributed by atoms with Gasteiger partial charge < -0.3 is 49.7 Å². The van der Waals surface area contributed by atoms with E-state index < -0.39 is 87.7 Å². The van der Waals surface area contributed by atoms with Crippen LogP contribution in [-0.4, -0.2) is 139 Å². The fourth-order valence-electron chi connectivity index (χ4n) is 5.70. The van der Waals surface area contributed by atoms with Gasteiger partial charge in [-0.15, -0.1) is 40.5 Å². The van der Waals surface area contributed by atoms with Gasteiger partial charge in [0, 0.05) is 94.9 Å². The van der Waals surface area contributed by atoms with Gasteiger partial charge in [-0.25, -0.2) is 14.8 Å². The molecule has 0 aromatic carbocycles. The van der Waals surface area contributed by atoms with Crippen molar-refractivity contribution in [3.63, 3.8) is 0 Å². The second-order valence-electron chi connectivity index (χ2n) is 14.9. The Hall–Kier alpha value is -8.43. The van der Waals surface area contributed by atoms with Crippen LogP contribution in [0.1, 0.15) is 108 Å². The molecular formula is C38H53F3N8O24. The van der Waals surface area contributed by atoms with Crippen molar-refractivity contribution in [1.82, 2.24) is 19.9 Å². The maximum atomic E-state index is 12.1. The molecule has 2 aromatic heterocycles. The maximum Gasteiger partial charge on any atom is 0.490 e. The van der Waals surface area contributed by atoms with Crippen LogP contribution < -0.4 is 0 Å². The molecule has 0 saturated heterocycles. The summed E-state index contributed by atoms with van der Waals surface area (Å²) in [5.41, 5.74) is 1.22. The zero-order valence-electron chi connectivity index (χ0n) is 38.6. The predicted molar refractivity (Wildman–Crippen MR) is 228 cm³/mol. The van der Waals surface area contributed by atoms with Crippen LogP contribution in [-0.2, 0) is 70.5 Å². The summed E-state index contributed by atoms with van der Waals surface area (Å²) in [7, 11) is 0. The first-order valence-corrected chi connectivity index (χ1v) is 21.2. The molecule has 2 rings (SSSR count). The largest absolute Gasteiger partial charge is 0.490 e. The zero-order chi connectivity index (χ0) is 56.1. The standard InChI is InChI=1S/2C17H24N4O10.C2HF3O2.C2H4O2/c2*22-14(4-2-6-16(31-21(28)29)10-30-20(26)27)3-1-5-15(23)8-12(17(24)25)7-13-9-18-11-19-13;3-2(4,5)1(6)7;1-2(3)4/h2*9,11-12,16H,1-8,10H2,(H,18,19)(H,24,25);(H,6,7);1H3,(H,3,4)/t2*12?,16-;;/m00../s1. The number of rotatable bonds is 36. The van der Waals surface area contributed by atoms with Crippen LogP contribution in [0, 0.1) is 52.3 Å². The number of aromatic nitrogens is 4. The van der Waals surface area contributed by atoms with Crippen molar-refractivity contribution in [3.05, 3.63) is 76.9 Å². The number of H-pyrrole nitrogens is 2. The second kappa shape index (κ2) is 37.4. The molecule has 0 spiro atoms. The van der Waals surface area contributed by atoms with Crippen LogP contribution >= 0.6 is 0 Å². The Morgan fingerprint density at radius 3 is 1.12 bits per heavy atom. The highest BCUT2D eigenvalue weighted by Gasteiger charge is 2.38. The summed E-state index contributed by atoms with van der Waals surface area (Å²) in [6.07, 6.45) is -0.287. The van der Waals surface area contributed by atoms with Crippen molar-refractivity contribution in [2.75, 3.05) is 13.2 Å². The highest BCUT2D eigenvalue weighted by atomic mass is 19.4. The Labute approximate surface area is 408 Å². The minimum atomic E-state index is -5.08. The summed E-state index contributed by atoms with van der Waals surface area (Å²) in [6, 6.07) is 0. The number of aromatic amines is 2. The van der Waals surface area contributed by atoms with Gasteiger partial charge in [-0.05, 0) is 38.5 Å². The monoisotopic (exact) mass is 1060 g/mol. The Morgan fingerprint density at radius 1 is 0.575 bits per heavy atom. The van der Waals surface area contributed by atoms with Crippen molar-refractivity contribution < 1.29 is 112 Å². The molecule has 6 N–H and O–H groups in total. The van der Waals surface area contributed by atoms with Gasteiger partial charge >= 0.3 is 24.1 Å². The van der Waals surface area contributed by atoms with Gasteiger partial charge in [-0.3, -0.25) is 33.6 Å². The summed E-state index contributed by atoms with van der Waals surface area (Å²) in [4.78, 5) is 159. The number of ketones is 4. The number of Topliss-reactive ketones (excluding diaryl/α,β-unsaturated/α-hetero) is 4. The zero-order valence-corrected chi connectivity index (χ0v) is 38.6. The van der Waals surface area contributed by atoms with E-state index in [1.165, 1.54) is 25.0 Å². The molecule has 2 aromatic rings. The van der Waals surface area contributed by atoms with Gasteiger partial charge in [0.05, 0.1) is 24.5 Å². The number of alkyl halides is 3.